The maximum Gasteiger partial charge on any atom is 0.318 e. The predicted molar refractivity (Wildman–Crippen MR) is 83.8 cm³/mol. The van der Waals surface area contributed by atoms with Gasteiger partial charge in [0.05, 0.1) is 12.2 Å². The third kappa shape index (κ3) is 3.73. The van der Waals surface area contributed by atoms with Crippen molar-refractivity contribution in [2.75, 3.05) is 20.2 Å². The van der Waals surface area contributed by atoms with Crippen LogP contribution in [0.3, 0.4) is 0 Å². The van der Waals surface area contributed by atoms with Crippen LogP contribution in [0, 0.1) is 0 Å². The molecule has 1 aliphatic heterocycles. The number of H-pyrrole nitrogens is 1. The van der Waals surface area contributed by atoms with Crippen molar-refractivity contribution < 1.29 is 13.9 Å². The standard InChI is InChI=1S/C16H22N4O3/c1-22-11-13-4-5-15(23-13)14-3-2-8-20(14)16(21)17-7-6-12-9-18-19-10-12/h4-5,9-10,14H,2-3,6-8,11H2,1H3,(H,17,21)(H,18,19). The minimum atomic E-state index is -0.0410. The zero-order valence-corrected chi connectivity index (χ0v) is 13.2. The minimum Gasteiger partial charge on any atom is -0.461 e. The fourth-order valence-corrected chi connectivity index (χ4v) is 2.93. The average Bonchev–Trinajstić information content (AvgIpc) is 3.28. The average molecular weight is 318 g/mol. The minimum absolute atomic E-state index is 0.00883. The largest absolute Gasteiger partial charge is 0.461 e. The highest BCUT2D eigenvalue weighted by atomic mass is 16.5. The monoisotopic (exact) mass is 318 g/mol. The Morgan fingerprint density at radius 3 is 3.26 bits per heavy atom. The van der Waals surface area contributed by atoms with Gasteiger partial charge in [0.2, 0.25) is 0 Å². The van der Waals surface area contributed by atoms with E-state index in [1.54, 1.807) is 13.3 Å². The molecule has 1 atom stereocenters. The summed E-state index contributed by atoms with van der Waals surface area (Å²) in [5.74, 6) is 1.62. The van der Waals surface area contributed by atoms with Crippen LogP contribution in [-0.4, -0.2) is 41.3 Å². The van der Waals surface area contributed by atoms with E-state index in [1.807, 2.05) is 23.2 Å². The van der Waals surface area contributed by atoms with Gasteiger partial charge >= 0.3 is 6.03 Å². The molecule has 124 valence electrons. The molecule has 1 fully saturated rings. The van der Waals surface area contributed by atoms with Crippen LogP contribution < -0.4 is 5.32 Å². The fraction of sp³-hybridized carbons (Fsp3) is 0.500. The number of nitrogens with zero attached hydrogens (tertiary/aromatic N) is 2. The second-order valence-corrected chi connectivity index (χ2v) is 5.68. The lowest BCUT2D eigenvalue weighted by Gasteiger charge is -2.23. The first-order valence-corrected chi connectivity index (χ1v) is 7.87. The maximum absolute atomic E-state index is 12.4. The summed E-state index contributed by atoms with van der Waals surface area (Å²) in [6, 6.07) is 3.82. The lowest BCUT2D eigenvalue weighted by Crippen LogP contribution is -2.40. The van der Waals surface area contributed by atoms with Gasteiger partial charge in [-0.3, -0.25) is 5.10 Å². The Labute approximate surface area is 135 Å². The molecule has 7 nitrogen and oxygen atoms in total. The number of carbonyl (C=O) groups excluding carboxylic acids is 1. The van der Waals surface area contributed by atoms with Gasteiger partial charge in [-0.05, 0) is 37.0 Å². The third-order valence-electron chi connectivity index (χ3n) is 4.06. The number of likely N-dealkylation sites (tertiary alicyclic amines) is 1. The molecule has 2 aromatic heterocycles. The number of hydrogen-bond acceptors (Lipinski definition) is 4. The Hall–Kier alpha value is -2.28. The van der Waals surface area contributed by atoms with E-state index in [0.29, 0.717) is 13.2 Å². The first kappa shape index (κ1) is 15.6. The Bertz CT molecular complexity index is 623. The van der Waals surface area contributed by atoms with Crippen LogP contribution in [0.1, 0.15) is 36.0 Å². The summed E-state index contributed by atoms with van der Waals surface area (Å²) >= 11 is 0. The van der Waals surface area contributed by atoms with Gasteiger partial charge in [0, 0.05) is 26.4 Å². The molecule has 1 aliphatic rings. The van der Waals surface area contributed by atoms with Crippen LogP contribution >= 0.6 is 0 Å². The SMILES string of the molecule is COCc1ccc(C2CCCN2C(=O)NCCc2cn[nH]c2)o1. The molecule has 0 saturated carbocycles. The van der Waals surface area contributed by atoms with Crippen LogP contribution in [0.5, 0.6) is 0 Å². The van der Waals surface area contributed by atoms with Gasteiger partial charge in [0.1, 0.15) is 18.1 Å². The quantitative estimate of drug-likeness (QED) is 0.855. The summed E-state index contributed by atoms with van der Waals surface area (Å²) in [7, 11) is 1.64. The molecule has 23 heavy (non-hydrogen) atoms. The number of aromatic amines is 1. The summed E-state index contributed by atoms with van der Waals surface area (Å²) in [6.45, 7) is 1.79. The lowest BCUT2D eigenvalue weighted by atomic mass is 10.2. The molecule has 3 heterocycles. The van der Waals surface area contributed by atoms with Gasteiger partial charge in [0.15, 0.2) is 0 Å². The summed E-state index contributed by atoms with van der Waals surface area (Å²) in [5, 5.41) is 9.64. The van der Waals surface area contributed by atoms with Gasteiger partial charge < -0.3 is 19.4 Å². The van der Waals surface area contributed by atoms with E-state index in [0.717, 1.165) is 42.9 Å². The van der Waals surface area contributed by atoms with Gasteiger partial charge in [0.25, 0.3) is 0 Å². The summed E-state index contributed by atoms with van der Waals surface area (Å²) in [5.41, 5.74) is 1.08. The zero-order chi connectivity index (χ0) is 16.1. The van der Waals surface area contributed by atoms with Gasteiger partial charge in [-0.2, -0.15) is 5.10 Å². The molecule has 1 saturated heterocycles. The number of ether oxygens (including phenoxy) is 1. The van der Waals surface area contributed by atoms with E-state index in [4.69, 9.17) is 9.15 Å². The summed E-state index contributed by atoms with van der Waals surface area (Å²) < 4.78 is 10.9. The number of carbonyl (C=O) groups is 1. The van der Waals surface area contributed by atoms with E-state index in [2.05, 4.69) is 15.5 Å². The Morgan fingerprint density at radius 2 is 2.48 bits per heavy atom. The molecule has 0 aromatic carbocycles. The number of hydrogen-bond donors (Lipinski definition) is 2. The molecular formula is C16H22N4O3. The van der Waals surface area contributed by atoms with Crippen LogP contribution in [0.2, 0.25) is 0 Å². The number of aromatic nitrogens is 2. The van der Waals surface area contributed by atoms with Gasteiger partial charge in [-0.1, -0.05) is 0 Å². The van der Waals surface area contributed by atoms with Gasteiger partial charge in [-0.25, -0.2) is 4.79 Å². The van der Waals surface area contributed by atoms with Gasteiger partial charge in [-0.15, -0.1) is 0 Å². The number of urea groups is 1. The Kier molecular flexibility index (Phi) is 4.97. The van der Waals surface area contributed by atoms with Crippen molar-refractivity contribution in [2.45, 2.75) is 31.9 Å². The van der Waals surface area contributed by atoms with E-state index in [1.165, 1.54) is 0 Å². The predicted octanol–water partition coefficient (Wildman–Crippen LogP) is 2.24. The zero-order valence-electron chi connectivity index (χ0n) is 13.2. The Balaban J connectivity index is 1.55. The smallest absolute Gasteiger partial charge is 0.318 e. The molecule has 2 amide bonds. The van der Waals surface area contributed by atoms with Crippen molar-refractivity contribution >= 4 is 6.03 Å². The molecule has 3 rings (SSSR count). The van der Waals surface area contributed by atoms with E-state index >= 15 is 0 Å². The van der Waals surface area contributed by atoms with Crippen molar-refractivity contribution in [3.8, 4) is 0 Å². The van der Waals surface area contributed by atoms with E-state index in [9.17, 15) is 4.79 Å². The maximum atomic E-state index is 12.4. The first-order chi connectivity index (χ1) is 11.3. The normalized spacial score (nSPS) is 17.6. The number of rotatable bonds is 6. The highest BCUT2D eigenvalue weighted by Gasteiger charge is 2.32. The van der Waals surface area contributed by atoms with Crippen LogP contribution in [-0.2, 0) is 17.8 Å². The molecule has 2 aromatic rings. The molecule has 0 radical (unpaired) electrons. The molecule has 1 unspecified atom stereocenters. The highest BCUT2D eigenvalue weighted by molar-refractivity contribution is 5.75. The summed E-state index contributed by atoms with van der Waals surface area (Å²) in [6.07, 6.45) is 6.28. The molecule has 0 bridgehead atoms. The first-order valence-electron chi connectivity index (χ1n) is 7.87. The molecule has 7 heteroatoms. The van der Waals surface area contributed by atoms with Crippen molar-refractivity contribution in [3.63, 3.8) is 0 Å². The van der Waals surface area contributed by atoms with E-state index < -0.39 is 0 Å². The second-order valence-electron chi connectivity index (χ2n) is 5.68. The number of furan rings is 1. The van der Waals surface area contributed by atoms with Crippen LogP contribution in [0.15, 0.2) is 28.9 Å². The number of nitrogens with one attached hydrogen (secondary N) is 2. The topological polar surface area (TPSA) is 83.4 Å². The number of methoxy groups -OCH3 is 1. The van der Waals surface area contributed by atoms with Crippen molar-refractivity contribution in [3.05, 3.63) is 41.6 Å². The Morgan fingerprint density at radius 1 is 1.57 bits per heavy atom. The van der Waals surface area contributed by atoms with Crippen LogP contribution in [0.25, 0.3) is 0 Å². The molecule has 0 aliphatic carbocycles. The molecular weight excluding hydrogens is 296 g/mol. The third-order valence-corrected chi connectivity index (χ3v) is 4.06. The summed E-state index contributed by atoms with van der Waals surface area (Å²) in [4.78, 5) is 14.3. The van der Waals surface area contributed by atoms with Crippen molar-refractivity contribution in [1.29, 1.82) is 0 Å². The fourth-order valence-electron chi connectivity index (χ4n) is 2.93. The number of amides is 2. The van der Waals surface area contributed by atoms with Crippen molar-refractivity contribution in [1.82, 2.24) is 20.4 Å². The lowest BCUT2D eigenvalue weighted by molar-refractivity contribution is 0.156. The second kappa shape index (κ2) is 7.32. The van der Waals surface area contributed by atoms with E-state index in [-0.39, 0.29) is 12.1 Å². The highest BCUT2D eigenvalue weighted by Crippen LogP contribution is 2.33. The van der Waals surface area contributed by atoms with Crippen molar-refractivity contribution in [2.24, 2.45) is 0 Å². The molecule has 0 spiro atoms. The van der Waals surface area contributed by atoms with Crippen LogP contribution in [0.4, 0.5) is 4.79 Å². The molecule has 2 N–H and O–H groups in total.